The zero-order valence-electron chi connectivity index (χ0n) is 11.6. The number of carbonyl (C=O) groups is 1. The van der Waals surface area contributed by atoms with Crippen LogP contribution in [0.25, 0.3) is 0 Å². The van der Waals surface area contributed by atoms with E-state index in [4.69, 9.17) is 16.7 Å². The Balaban J connectivity index is 2.29. The van der Waals surface area contributed by atoms with E-state index in [2.05, 4.69) is 10.6 Å². The molecule has 0 aliphatic carbocycles. The van der Waals surface area contributed by atoms with Crippen molar-refractivity contribution in [2.24, 2.45) is 5.14 Å². The fraction of sp³-hybridized carbons (Fsp3) is 0.462. The number of primary sulfonamides is 1. The molecule has 1 saturated heterocycles. The Morgan fingerprint density at radius 1 is 1.52 bits per heavy atom. The zero-order valence-corrected chi connectivity index (χ0v) is 13.2. The summed E-state index contributed by atoms with van der Waals surface area (Å²) in [6.07, 6.45) is 2.30. The summed E-state index contributed by atoms with van der Waals surface area (Å²) >= 11 is 6.01. The predicted molar refractivity (Wildman–Crippen MR) is 81.7 cm³/mol. The van der Waals surface area contributed by atoms with E-state index in [1.807, 2.05) is 6.92 Å². The van der Waals surface area contributed by atoms with E-state index in [-0.39, 0.29) is 21.5 Å². The Bertz CT molecular complexity index is 655. The van der Waals surface area contributed by atoms with Crippen LogP contribution < -0.4 is 15.8 Å². The number of nitrogens with two attached hydrogens (primary N) is 1. The fourth-order valence-corrected chi connectivity index (χ4v) is 3.19. The van der Waals surface area contributed by atoms with Crippen molar-refractivity contribution in [2.45, 2.75) is 36.6 Å². The van der Waals surface area contributed by atoms with E-state index in [0.29, 0.717) is 6.42 Å². The number of hydrogen-bond acceptors (Lipinski definition) is 4. The lowest BCUT2D eigenvalue weighted by Gasteiger charge is -2.27. The molecular weight excluding hydrogens is 314 g/mol. The van der Waals surface area contributed by atoms with Crippen molar-refractivity contribution in [3.05, 3.63) is 23.2 Å². The summed E-state index contributed by atoms with van der Waals surface area (Å²) in [7, 11) is -3.84. The number of nitrogens with one attached hydrogen (secondary N) is 2. The van der Waals surface area contributed by atoms with Gasteiger partial charge in [0.2, 0.25) is 15.9 Å². The van der Waals surface area contributed by atoms with Gasteiger partial charge in [-0.1, -0.05) is 18.5 Å². The van der Waals surface area contributed by atoms with E-state index in [1.54, 1.807) is 0 Å². The summed E-state index contributed by atoms with van der Waals surface area (Å²) in [4.78, 5) is 12.4. The molecule has 21 heavy (non-hydrogen) atoms. The third kappa shape index (κ3) is 3.37. The van der Waals surface area contributed by atoms with Crippen LogP contribution in [0.3, 0.4) is 0 Å². The Kier molecular flexibility index (Phi) is 4.57. The molecule has 6 nitrogen and oxygen atoms in total. The Labute approximate surface area is 129 Å². The first-order valence-corrected chi connectivity index (χ1v) is 8.60. The van der Waals surface area contributed by atoms with Gasteiger partial charge in [0.25, 0.3) is 0 Å². The van der Waals surface area contributed by atoms with E-state index < -0.39 is 15.6 Å². The van der Waals surface area contributed by atoms with Crippen molar-refractivity contribution in [1.82, 2.24) is 5.32 Å². The van der Waals surface area contributed by atoms with E-state index >= 15 is 0 Å². The summed E-state index contributed by atoms with van der Waals surface area (Å²) in [6.45, 7) is 2.71. The molecule has 0 bridgehead atoms. The van der Waals surface area contributed by atoms with Crippen LogP contribution in [0.15, 0.2) is 23.1 Å². The van der Waals surface area contributed by atoms with Crippen molar-refractivity contribution in [3.63, 3.8) is 0 Å². The maximum atomic E-state index is 12.5. The number of carbonyl (C=O) groups excluding carboxylic acids is 1. The van der Waals surface area contributed by atoms with Crippen LogP contribution in [0.2, 0.25) is 5.02 Å². The van der Waals surface area contributed by atoms with Gasteiger partial charge in [0.1, 0.15) is 0 Å². The molecule has 8 heteroatoms. The zero-order chi connectivity index (χ0) is 15.7. The smallest absolute Gasteiger partial charge is 0.244 e. The van der Waals surface area contributed by atoms with Crippen molar-refractivity contribution in [2.75, 3.05) is 11.9 Å². The second-order valence-electron chi connectivity index (χ2n) is 5.11. The maximum Gasteiger partial charge on any atom is 0.244 e. The van der Waals surface area contributed by atoms with E-state index in [9.17, 15) is 13.2 Å². The SMILES string of the molecule is CCC1(C(=O)Nc2cc(S(N)(=O)=O)ccc2Cl)CCCN1. The van der Waals surface area contributed by atoms with Crippen LogP contribution in [0, 0.1) is 0 Å². The first-order valence-electron chi connectivity index (χ1n) is 6.67. The molecule has 1 fully saturated rings. The Morgan fingerprint density at radius 3 is 2.76 bits per heavy atom. The van der Waals surface area contributed by atoms with Crippen molar-refractivity contribution >= 4 is 33.2 Å². The molecular formula is C13H18ClN3O3S. The van der Waals surface area contributed by atoms with Crippen molar-refractivity contribution < 1.29 is 13.2 Å². The second kappa shape index (κ2) is 5.92. The van der Waals surface area contributed by atoms with Crippen LogP contribution in [-0.4, -0.2) is 26.4 Å². The number of sulfonamides is 1. The lowest BCUT2D eigenvalue weighted by Crippen LogP contribution is -2.50. The molecule has 1 aliphatic rings. The van der Waals surface area contributed by atoms with E-state index in [0.717, 1.165) is 19.4 Å². The van der Waals surface area contributed by atoms with Gasteiger partial charge in [0.05, 0.1) is 21.1 Å². The molecule has 1 atom stereocenters. The van der Waals surface area contributed by atoms with Gasteiger partial charge in [0, 0.05) is 0 Å². The van der Waals surface area contributed by atoms with Gasteiger partial charge in [-0.3, -0.25) is 4.79 Å². The molecule has 1 amide bonds. The minimum atomic E-state index is -3.84. The normalized spacial score (nSPS) is 22.2. The number of benzene rings is 1. The molecule has 0 saturated carbocycles. The molecule has 1 aromatic rings. The number of rotatable bonds is 4. The van der Waals surface area contributed by atoms with Crippen LogP contribution >= 0.6 is 11.6 Å². The Hall–Kier alpha value is -1.15. The summed E-state index contributed by atoms with van der Waals surface area (Å²) in [5, 5.41) is 11.3. The summed E-state index contributed by atoms with van der Waals surface area (Å²) in [6, 6.07) is 3.97. The van der Waals surface area contributed by atoms with Gasteiger partial charge < -0.3 is 10.6 Å². The molecule has 1 heterocycles. The van der Waals surface area contributed by atoms with Gasteiger partial charge in [0.15, 0.2) is 0 Å². The topological polar surface area (TPSA) is 101 Å². The highest BCUT2D eigenvalue weighted by atomic mass is 35.5. The van der Waals surface area contributed by atoms with Gasteiger partial charge in [-0.05, 0) is 44.0 Å². The minimum Gasteiger partial charge on any atom is -0.323 e. The van der Waals surface area contributed by atoms with Gasteiger partial charge in [-0.25, -0.2) is 13.6 Å². The summed E-state index contributed by atoms with van der Waals surface area (Å²) < 4.78 is 22.7. The molecule has 0 spiro atoms. The molecule has 1 aliphatic heterocycles. The van der Waals surface area contributed by atoms with Crippen molar-refractivity contribution in [3.8, 4) is 0 Å². The molecule has 0 radical (unpaired) electrons. The molecule has 116 valence electrons. The average molecular weight is 332 g/mol. The summed E-state index contributed by atoms with van der Waals surface area (Å²) in [5.74, 6) is -0.212. The molecule has 1 aromatic carbocycles. The van der Waals surface area contributed by atoms with Crippen LogP contribution in [-0.2, 0) is 14.8 Å². The van der Waals surface area contributed by atoms with Gasteiger partial charge >= 0.3 is 0 Å². The molecule has 0 aromatic heterocycles. The highest BCUT2D eigenvalue weighted by molar-refractivity contribution is 7.89. The lowest BCUT2D eigenvalue weighted by molar-refractivity contribution is -0.122. The first kappa shape index (κ1) is 16.2. The maximum absolute atomic E-state index is 12.5. The Morgan fingerprint density at radius 2 is 2.24 bits per heavy atom. The molecule has 4 N–H and O–H groups in total. The van der Waals surface area contributed by atoms with E-state index in [1.165, 1.54) is 18.2 Å². The standard InChI is InChI=1S/C13H18ClN3O3S/c1-2-13(6-3-7-16-13)12(18)17-11-8-9(21(15,19)20)4-5-10(11)14/h4-5,8,16H,2-3,6-7H2,1H3,(H,17,18)(H2,15,19,20). The highest BCUT2D eigenvalue weighted by Gasteiger charge is 2.39. The third-order valence-corrected chi connectivity index (χ3v) is 5.04. The molecule has 2 rings (SSSR count). The average Bonchev–Trinajstić information content (AvgIpc) is 2.90. The monoisotopic (exact) mass is 331 g/mol. The van der Waals surface area contributed by atoms with Crippen LogP contribution in [0.5, 0.6) is 0 Å². The lowest BCUT2D eigenvalue weighted by atomic mass is 9.93. The highest BCUT2D eigenvalue weighted by Crippen LogP contribution is 2.29. The number of anilines is 1. The van der Waals surface area contributed by atoms with Gasteiger partial charge in [-0.15, -0.1) is 0 Å². The van der Waals surface area contributed by atoms with Crippen LogP contribution in [0.4, 0.5) is 5.69 Å². The largest absolute Gasteiger partial charge is 0.323 e. The number of amides is 1. The number of halogens is 1. The first-order chi connectivity index (χ1) is 9.78. The van der Waals surface area contributed by atoms with Crippen LogP contribution in [0.1, 0.15) is 26.2 Å². The van der Waals surface area contributed by atoms with Crippen molar-refractivity contribution in [1.29, 1.82) is 0 Å². The minimum absolute atomic E-state index is 0.0906. The second-order valence-corrected chi connectivity index (χ2v) is 7.08. The fourth-order valence-electron chi connectivity index (χ4n) is 2.48. The summed E-state index contributed by atoms with van der Waals surface area (Å²) in [5.41, 5.74) is -0.379. The van der Waals surface area contributed by atoms with Gasteiger partial charge in [-0.2, -0.15) is 0 Å². The predicted octanol–water partition coefficient (Wildman–Crippen LogP) is 1.46. The molecule has 1 unspecified atom stereocenters. The number of hydrogen-bond donors (Lipinski definition) is 3. The quantitative estimate of drug-likeness (QED) is 0.777. The third-order valence-electron chi connectivity index (χ3n) is 3.80.